The molecule has 8 aromatic carbocycles. The van der Waals surface area contributed by atoms with E-state index in [4.69, 9.17) is 0 Å². The smallest absolute Gasteiger partial charge is 0.0541 e. The van der Waals surface area contributed by atoms with E-state index in [1.807, 2.05) is 18.5 Å². The highest BCUT2D eigenvalue weighted by atomic mass is 15.0. The fourth-order valence-corrected chi connectivity index (χ4v) is 7.60. The Kier molecular flexibility index (Phi) is 6.85. The van der Waals surface area contributed by atoms with Crippen LogP contribution in [-0.4, -0.2) is 9.55 Å². The highest BCUT2D eigenvalue weighted by Gasteiger charge is 2.14. The van der Waals surface area contributed by atoms with Crippen molar-refractivity contribution in [2.45, 2.75) is 0 Å². The minimum absolute atomic E-state index is 1.12. The maximum Gasteiger partial charge on any atom is 0.0541 e. The summed E-state index contributed by atoms with van der Waals surface area (Å²) in [4.78, 5) is 4.29. The summed E-state index contributed by atoms with van der Waals surface area (Å²) in [6, 6.07) is 66.2. The molecule has 10 rings (SSSR count). The molecule has 0 bridgehead atoms. The van der Waals surface area contributed by atoms with E-state index in [-0.39, 0.29) is 0 Å². The molecule has 0 unspecified atom stereocenters. The lowest BCUT2D eigenvalue weighted by molar-refractivity contribution is 1.18. The van der Waals surface area contributed by atoms with E-state index >= 15 is 0 Å². The molecule has 0 saturated heterocycles. The first kappa shape index (κ1) is 29.2. The van der Waals surface area contributed by atoms with Gasteiger partial charge in [-0.2, -0.15) is 0 Å². The summed E-state index contributed by atoms with van der Waals surface area (Å²) in [6.45, 7) is 0. The number of nitrogens with zero attached hydrogens (tertiary/aromatic N) is 2. The summed E-state index contributed by atoms with van der Waals surface area (Å²) < 4.78 is 2.37. The van der Waals surface area contributed by atoms with Crippen molar-refractivity contribution in [1.29, 1.82) is 0 Å². The molecular formula is C49H32N2. The Bertz CT molecular complexity index is 2880. The van der Waals surface area contributed by atoms with E-state index in [1.165, 1.54) is 76.7 Å². The fourth-order valence-electron chi connectivity index (χ4n) is 7.60. The van der Waals surface area contributed by atoms with E-state index in [0.717, 1.165) is 16.8 Å². The average molecular weight is 649 g/mol. The Morgan fingerprint density at radius 2 is 0.804 bits per heavy atom. The molecule has 2 heterocycles. The zero-order valence-corrected chi connectivity index (χ0v) is 27.9. The topological polar surface area (TPSA) is 17.8 Å². The molecule has 0 aliphatic rings. The number of fused-ring (bicyclic) bond motifs is 5. The van der Waals surface area contributed by atoms with Crippen LogP contribution in [0.15, 0.2) is 194 Å². The van der Waals surface area contributed by atoms with Gasteiger partial charge in [0.2, 0.25) is 0 Å². The fraction of sp³-hybridized carbons (Fsp3) is 0. The monoisotopic (exact) mass is 648 g/mol. The maximum absolute atomic E-state index is 4.29. The van der Waals surface area contributed by atoms with E-state index < -0.39 is 0 Å². The van der Waals surface area contributed by atoms with Crippen molar-refractivity contribution in [1.82, 2.24) is 9.55 Å². The number of rotatable bonds is 5. The lowest BCUT2D eigenvalue weighted by atomic mass is 9.95. The second-order valence-corrected chi connectivity index (χ2v) is 13.3. The minimum Gasteiger partial charge on any atom is -0.309 e. The number of hydrogen-bond donors (Lipinski definition) is 0. The number of benzene rings is 8. The Morgan fingerprint density at radius 1 is 0.314 bits per heavy atom. The van der Waals surface area contributed by atoms with Gasteiger partial charge in [0.15, 0.2) is 0 Å². The molecule has 0 spiro atoms. The molecule has 0 atom stereocenters. The number of hydrogen-bond acceptors (Lipinski definition) is 1. The van der Waals surface area contributed by atoms with Crippen LogP contribution in [0.3, 0.4) is 0 Å². The minimum atomic E-state index is 1.12. The van der Waals surface area contributed by atoms with Crippen molar-refractivity contribution in [2.24, 2.45) is 0 Å². The summed E-state index contributed by atoms with van der Waals surface area (Å²) >= 11 is 0. The van der Waals surface area contributed by atoms with Gasteiger partial charge in [0.05, 0.1) is 11.0 Å². The second kappa shape index (κ2) is 12.0. The highest BCUT2D eigenvalue weighted by molar-refractivity contribution is 6.10. The van der Waals surface area contributed by atoms with E-state index in [2.05, 4.69) is 185 Å². The average Bonchev–Trinajstić information content (AvgIpc) is 3.54. The van der Waals surface area contributed by atoms with Crippen molar-refractivity contribution in [3.63, 3.8) is 0 Å². The molecule has 10 aromatic rings. The van der Waals surface area contributed by atoms with Crippen LogP contribution >= 0.6 is 0 Å². The molecule has 0 N–H and O–H groups in total. The third kappa shape index (κ3) is 5.17. The summed E-state index contributed by atoms with van der Waals surface area (Å²) in [5, 5.41) is 7.53. The Hall–Kier alpha value is -6.77. The first-order valence-corrected chi connectivity index (χ1v) is 17.4. The lowest BCUT2D eigenvalue weighted by Crippen LogP contribution is -1.93. The predicted octanol–water partition coefficient (Wildman–Crippen LogP) is 13.2. The largest absolute Gasteiger partial charge is 0.309 e. The standard InChI is InChI=1S/C49H32N2/c1-2-7-37-28-39(16-15-33(37)6-1)42-20-19-40-29-38(17-18-41(40)30-42)34-11-13-35(14-12-34)43-23-26-49-47(31-43)46-9-3-4-10-48(46)51(49)45-24-21-36(22-25-45)44-8-5-27-50-32-44/h1-32H. The Balaban J connectivity index is 0.956. The number of aromatic nitrogens is 2. The van der Waals surface area contributed by atoms with Crippen LogP contribution in [0.1, 0.15) is 0 Å². The van der Waals surface area contributed by atoms with Crippen LogP contribution in [0.4, 0.5) is 0 Å². The van der Waals surface area contributed by atoms with Crippen molar-refractivity contribution >= 4 is 43.4 Å². The first-order valence-electron chi connectivity index (χ1n) is 17.4. The van der Waals surface area contributed by atoms with Gasteiger partial charge in [-0.25, -0.2) is 0 Å². The molecule has 0 aliphatic heterocycles. The maximum atomic E-state index is 4.29. The van der Waals surface area contributed by atoms with Crippen LogP contribution < -0.4 is 0 Å². The predicted molar refractivity (Wildman–Crippen MR) is 215 cm³/mol. The molecule has 238 valence electrons. The van der Waals surface area contributed by atoms with Gasteiger partial charge in [-0.05, 0) is 121 Å². The van der Waals surface area contributed by atoms with Crippen LogP contribution in [0.5, 0.6) is 0 Å². The Labute approximate surface area is 296 Å². The molecule has 2 aromatic heterocycles. The third-order valence-corrected chi connectivity index (χ3v) is 10.3. The van der Waals surface area contributed by atoms with Crippen molar-refractivity contribution in [3.05, 3.63) is 194 Å². The number of para-hydroxylation sites is 1. The highest BCUT2D eigenvalue weighted by Crippen LogP contribution is 2.36. The molecule has 0 amide bonds. The third-order valence-electron chi connectivity index (χ3n) is 10.3. The van der Waals surface area contributed by atoms with Crippen LogP contribution in [-0.2, 0) is 0 Å². The molecule has 0 fully saturated rings. The van der Waals surface area contributed by atoms with Crippen molar-refractivity contribution < 1.29 is 0 Å². The van der Waals surface area contributed by atoms with Gasteiger partial charge in [0, 0.05) is 28.9 Å². The molecular weight excluding hydrogens is 617 g/mol. The zero-order chi connectivity index (χ0) is 33.7. The van der Waals surface area contributed by atoms with Crippen LogP contribution in [0.25, 0.3) is 93.5 Å². The first-order chi connectivity index (χ1) is 25.2. The molecule has 2 nitrogen and oxygen atoms in total. The summed E-state index contributed by atoms with van der Waals surface area (Å²) in [5.41, 5.74) is 13.2. The zero-order valence-electron chi connectivity index (χ0n) is 27.9. The van der Waals surface area contributed by atoms with Crippen molar-refractivity contribution in [2.75, 3.05) is 0 Å². The SMILES string of the molecule is c1cncc(-c2ccc(-n3c4ccccc4c4cc(-c5ccc(-c6ccc7cc(-c8ccc9ccccc9c8)ccc7c6)cc5)ccc43)cc2)c1. The summed E-state index contributed by atoms with van der Waals surface area (Å²) in [5.74, 6) is 0. The summed E-state index contributed by atoms with van der Waals surface area (Å²) in [6.07, 6.45) is 3.72. The molecule has 0 saturated carbocycles. The Morgan fingerprint density at radius 3 is 1.49 bits per heavy atom. The van der Waals surface area contributed by atoms with Crippen LogP contribution in [0.2, 0.25) is 0 Å². The van der Waals surface area contributed by atoms with Crippen LogP contribution in [0, 0.1) is 0 Å². The summed E-state index contributed by atoms with van der Waals surface area (Å²) in [7, 11) is 0. The second-order valence-electron chi connectivity index (χ2n) is 13.3. The van der Waals surface area contributed by atoms with Gasteiger partial charge in [-0.15, -0.1) is 0 Å². The normalized spacial score (nSPS) is 11.5. The van der Waals surface area contributed by atoms with E-state index in [0.29, 0.717) is 0 Å². The molecule has 51 heavy (non-hydrogen) atoms. The van der Waals surface area contributed by atoms with Crippen molar-refractivity contribution in [3.8, 4) is 50.2 Å². The lowest BCUT2D eigenvalue weighted by Gasteiger charge is -2.10. The quantitative estimate of drug-likeness (QED) is 0.182. The molecule has 2 heteroatoms. The van der Waals surface area contributed by atoms with E-state index in [9.17, 15) is 0 Å². The number of pyridine rings is 1. The molecule has 0 radical (unpaired) electrons. The van der Waals surface area contributed by atoms with Gasteiger partial charge in [-0.3, -0.25) is 4.98 Å². The molecule has 0 aliphatic carbocycles. The van der Waals surface area contributed by atoms with Gasteiger partial charge in [-0.1, -0.05) is 127 Å². The van der Waals surface area contributed by atoms with E-state index in [1.54, 1.807) is 0 Å². The van der Waals surface area contributed by atoms with Gasteiger partial charge < -0.3 is 4.57 Å². The van der Waals surface area contributed by atoms with Gasteiger partial charge >= 0.3 is 0 Å². The van der Waals surface area contributed by atoms with Gasteiger partial charge in [0.25, 0.3) is 0 Å². The van der Waals surface area contributed by atoms with Gasteiger partial charge in [0.1, 0.15) is 0 Å².